The van der Waals surface area contributed by atoms with E-state index < -0.39 is 6.29 Å². The first kappa shape index (κ1) is 20.5. The van der Waals surface area contributed by atoms with Gasteiger partial charge in [-0.25, -0.2) is 4.68 Å². The van der Waals surface area contributed by atoms with E-state index >= 15 is 0 Å². The predicted octanol–water partition coefficient (Wildman–Crippen LogP) is 3.02. The Morgan fingerprint density at radius 2 is 2.11 bits per heavy atom. The summed E-state index contributed by atoms with van der Waals surface area (Å²) >= 11 is 0. The van der Waals surface area contributed by atoms with Crippen molar-refractivity contribution in [3.63, 3.8) is 0 Å². The van der Waals surface area contributed by atoms with Crippen LogP contribution in [0.4, 0.5) is 0 Å². The zero-order chi connectivity index (χ0) is 20.3. The van der Waals surface area contributed by atoms with Crippen LogP contribution in [0.3, 0.4) is 0 Å². The van der Waals surface area contributed by atoms with E-state index in [4.69, 9.17) is 13.9 Å². The Balaban J connectivity index is 1.69. The lowest BCUT2D eigenvalue weighted by molar-refractivity contribution is -0.145. The first-order valence-electron chi connectivity index (χ1n) is 9.84. The molecular weight excluding hydrogens is 360 g/mol. The quantitative estimate of drug-likeness (QED) is 0.697. The molecule has 0 bridgehead atoms. The Labute approximate surface area is 165 Å². The molecule has 0 fully saturated rings. The van der Waals surface area contributed by atoms with E-state index in [1.165, 1.54) is 0 Å². The number of amides is 1. The molecule has 2 heterocycles. The summed E-state index contributed by atoms with van der Waals surface area (Å²) in [5.74, 6) is 1.58. The lowest BCUT2D eigenvalue weighted by atomic mass is 9.74. The van der Waals surface area contributed by atoms with Crippen molar-refractivity contribution in [2.45, 2.75) is 66.3 Å². The SMILES string of the molecule is CCOC(Cn1cc(C(=O)NC2CC(C)(C)Cc3oc(C)cc32)nn1)OCC. The minimum Gasteiger partial charge on any atom is -0.466 e. The van der Waals surface area contributed by atoms with Crippen LogP contribution in [0.5, 0.6) is 0 Å². The molecule has 1 atom stereocenters. The largest absolute Gasteiger partial charge is 0.466 e. The lowest BCUT2D eigenvalue weighted by Crippen LogP contribution is -2.36. The summed E-state index contributed by atoms with van der Waals surface area (Å²) < 4.78 is 18.5. The van der Waals surface area contributed by atoms with E-state index in [1.54, 1.807) is 10.9 Å². The Hall–Kier alpha value is -2.19. The second kappa shape index (κ2) is 8.45. The van der Waals surface area contributed by atoms with Gasteiger partial charge in [-0.2, -0.15) is 0 Å². The summed E-state index contributed by atoms with van der Waals surface area (Å²) in [5, 5.41) is 11.2. The first-order chi connectivity index (χ1) is 13.3. The average Bonchev–Trinajstić information content (AvgIpc) is 3.20. The second-order valence-corrected chi connectivity index (χ2v) is 7.97. The van der Waals surface area contributed by atoms with Crippen LogP contribution < -0.4 is 5.32 Å². The number of carbonyl (C=O) groups excluding carboxylic acids is 1. The predicted molar refractivity (Wildman–Crippen MR) is 103 cm³/mol. The van der Waals surface area contributed by atoms with Crippen molar-refractivity contribution in [3.8, 4) is 0 Å². The van der Waals surface area contributed by atoms with E-state index in [9.17, 15) is 4.79 Å². The fraction of sp³-hybridized carbons (Fsp3) is 0.650. The number of nitrogens with one attached hydrogen (secondary N) is 1. The molecule has 2 aromatic heterocycles. The third kappa shape index (κ3) is 4.80. The smallest absolute Gasteiger partial charge is 0.273 e. The molecule has 8 heteroatoms. The minimum absolute atomic E-state index is 0.0506. The third-order valence-corrected chi connectivity index (χ3v) is 4.85. The van der Waals surface area contributed by atoms with Crippen molar-refractivity contribution in [2.24, 2.45) is 5.41 Å². The number of ether oxygens (including phenoxy) is 2. The van der Waals surface area contributed by atoms with Gasteiger partial charge in [-0.05, 0) is 38.7 Å². The van der Waals surface area contributed by atoms with Gasteiger partial charge in [0, 0.05) is 25.2 Å². The summed E-state index contributed by atoms with van der Waals surface area (Å²) in [6, 6.07) is 1.91. The van der Waals surface area contributed by atoms with Crippen LogP contribution in [0, 0.1) is 12.3 Å². The lowest BCUT2D eigenvalue weighted by Gasteiger charge is -2.34. The molecule has 3 rings (SSSR count). The van der Waals surface area contributed by atoms with Crippen molar-refractivity contribution in [1.29, 1.82) is 0 Å². The molecule has 0 spiro atoms. The second-order valence-electron chi connectivity index (χ2n) is 7.97. The van der Waals surface area contributed by atoms with Gasteiger partial charge in [0.15, 0.2) is 12.0 Å². The molecule has 1 aliphatic carbocycles. The number of carbonyl (C=O) groups is 1. The molecule has 8 nitrogen and oxygen atoms in total. The molecule has 0 saturated carbocycles. The molecule has 1 amide bonds. The van der Waals surface area contributed by atoms with E-state index in [0.717, 1.165) is 29.9 Å². The van der Waals surface area contributed by atoms with E-state index in [-0.39, 0.29) is 23.1 Å². The van der Waals surface area contributed by atoms with E-state index in [1.807, 2.05) is 26.8 Å². The van der Waals surface area contributed by atoms with Crippen molar-refractivity contribution in [2.75, 3.05) is 13.2 Å². The third-order valence-electron chi connectivity index (χ3n) is 4.85. The highest BCUT2D eigenvalue weighted by molar-refractivity contribution is 5.92. The van der Waals surface area contributed by atoms with Crippen LogP contribution >= 0.6 is 0 Å². The number of hydrogen-bond donors (Lipinski definition) is 1. The summed E-state index contributed by atoms with van der Waals surface area (Å²) in [6.45, 7) is 11.6. The van der Waals surface area contributed by atoms with Gasteiger partial charge in [0.05, 0.1) is 18.8 Å². The van der Waals surface area contributed by atoms with Crippen LogP contribution in [-0.4, -0.2) is 40.4 Å². The highest BCUT2D eigenvalue weighted by Crippen LogP contribution is 2.42. The summed E-state index contributed by atoms with van der Waals surface area (Å²) in [6.07, 6.45) is 2.92. The monoisotopic (exact) mass is 390 g/mol. The topological polar surface area (TPSA) is 91.4 Å². The van der Waals surface area contributed by atoms with Crippen LogP contribution in [0.1, 0.15) is 67.7 Å². The molecule has 154 valence electrons. The number of hydrogen-bond acceptors (Lipinski definition) is 6. The van der Waals surface area contributed by atoms with Gasteiger partial charge < -0.3 is 19.2 Å². The zero-order valence-electron chi connectivity index (χ0n) is 17.3. The van der Waals surface area contributed by atoms with Gasteiger partial charge >= 0.3 is 0 Å². The molecule has 28 heavy (non-hydrogen) atoms. The minimum atomic E-state index is -0.414. The Bertz CT molecular complexity index is 805. The Morgan fingerprint density at radius 3 is 2.79 bits per heavy atom. The number of fused-ring (bicyclic) bond motifs is 1. The highest BCUT2D eigenvalue weighted by Gasteiger charge is 2.36. The van der Waals surface area contributed by atoms with Crippen LogP contribution in [-0.2, 0) is 22.4 Å². The molecule has 0 aliphatic heterocycles. The molecule has 1 unspecified atom stereocenters. The molecule has 0 radical (unpaired) electrons. The fourth-order valence-electron chi connectivity index (χ4n) is 3.72. The maximum absolute atomic E-state index is 12.8. The van der Waals surface area contributed by atoms with Gasteiger partial charge in [-0.3, -0.25) is 4.79 Å². The van der Waals surface area contributed by atoms with Gasteiger partial charge in [0.1, 0.15) is 11.5 Å². The number of furan rings is 1. The van der Waals surface area contributed by atoms with Crippen molar-refractivity contribution in [3.05, 3.63) is 35.0 Å². The van der Waals surface area contributed by atoms with Crippen LogP contribution in [0.15, 0.2) is 16.7 Å². The maximum atomic E-state index is 12.8. The average molecular weight is 390 g/mol. The number of nitrogens with zero attached hydrogens (tertiary/aromatic N) is 3. The standard InChI is InChI=1S/C20H30N4O4/c1-6-26-18(27-7-2)12-24-11-16(22-23-24)19(25)21-15-9-20(4,5)10-17-14(15)8-13(3)28-17/h8,11,15,18H,6-7,9-10,12H2,1-5H3,(H,21,25). The molecule has 0 aromatic carbocycles. The van der Waals surface area contributed by atoms with Crippen molar-refractivity contribution >= 4 is 5.91 Å². The zero-order valence-corrected chi connectivity index (χ0v) is 17.3. The van der Waals surface area contributed by atoms with Crippen LogP contribution in [0.2, 0.25) is 0 Å². The highest BCUT2D eigenvalue weighted by atomic mass is 16.7. The summed E-state index contributed by atoms with van der Waals surface area (Å²) in [7, 11) is 0. The number of rotatable bonds is 8. The first-order valence-corrected chi connectivity index (χ1v) is 9.84. The van der Waals surface area contributed by atoms with Gasteiger partial charge in [-0.1, -0.05) is 19.1 Å². The van der Waals surface area contributed by atoms with Gasteiger partial charge in [-0.15, -0.1) is 5.10 Å². The van der Waals surface area contributed by atoms with Gasteiger partial charge in [0.25, 0.3) is 5.91 Å². The fourth-order valence-corrected chi connectivity index (χ4v) is 3.72. The van der Waals surface area contributed by atoms with Gasteiger partial charge in [0.2, 0.25) is 0 Å². The maximum Gasteiger partial charge on any atom is 0.273 e. The normalized spacial score (nSPS) is 18.3. The molecule has 1 N–H and O–H groups in total. The molecule has 0 saturated heterocycles. The Kier molecular flexibility index (Phi) is 6.20. The number of aryl methyl sites for hydroxylation is 1. The molecule has 1 aliphatic rings. The summed E-state index contributed by atoms with van der Waals surface area (Å²) in [5.41, 5.74) is 1.39. The van der Waals surface area contributed by atoms with Crippen LogP contribution in [0.25, 0.3) is 0 Å². The van der Waals surface area contributed by atoms with E-state index in [2.05, 4.69) is 29.5 Å². The Morgan fingerprint density at radius 1 is 1.39 bits per heavy atom. The molecule has 2 aromatic rings. The van der Waals surface area contributed by atoms with Crippen molar-refractivity contribution in [1.82, 2.24) is 20.3 Å². The number of aromatic nitrogens is 3. The summed E-state index contributed by atoms with van der Waals surface area (Å²) in [4.78, 5) is 12.8. The molecular formula is C20H30N4O4. The van der Waals surface area contributed by atoms with Crippen molar-refractivity contribution < 1.29 is 18.7 Å². The van der Waals surface area contributed by atoms with E-state index in [0.29, 0.717) is 19.8 Å².